The Morgan fingerprint density at radius 1 is 0.914 bits per heavy atom. The number of hydrogen-bond acceptors (Lipinski definition) is 6. The Morgan fingerprint density at radius 2 is 1.69 bits per heavy atom. The summed E-state index contributed by atoms with van der Waals surface area (Å²) in [6, 6.07) is 23.3. The summed E-state index contributed by atoms with van der Waals surface area (Å²) in [5.74, 6) is 0.294. The molecular weight excluding hydrogens is 474 g/mol. The second-order valence-corrected chi connectivity index (χ2v) is 10.2. The number of Topliss-reactive ketones (excluding diaryl/α,β-unsaturated/α-hetero) is 1. The summed E-state index contributed by atoms with van der Waals surface area (Å²) >= 11 is 2.93. The molecule has 1 amide bonds. The highest BCUT2D eigenvalue weighted by Gasteiger charge is 2.18. The first-order chi connectivity index (χ1) is 16.9. The topological polar surface area (TPSA) is 72.0 Å². The maximum Gasteiger partial charge on any atom is 0.275 e. The van der Waals surface area contributed by atoms with Crippen molar-refractivity contribution in [1.29, 1.82) is 0 Å². The molecule has 0 aliphatic carbocycles. The lowest BCUT2D eigenvalue weighted by atomic mass is 10.1. The molecule has 0 bridgehead atoms. The zero-order valence-corrected chi connectivity index (χ0v) is 21.4. The van der Waals surface area contributed by atoms with Crippen LogP contribution in [0.4, 0.5) is 5.69 Å². The summed E-state index contributed by atoms with van der Waals surface area (Å²) in [5.41, 5.74) is 4.91. The number of amides is 1. The van der Waals surface area contributed by atoms with Gasteiger partial charge in [-0.3, -0.25) is 9.59 Å². The van der Waals surface area contributed by atoms with Gasteiger partial charge in [0.15, 0.2) is 10.9 Å². The van der Waals surface area contributed by atoms with Crippen molar-refractivity contribution in [3.8, 4) is 0 Å². The van der Waals surface area contributed by atoms with Crippen LogP contribution in [-0.4, -0.2) is 21.7 Å². The van der Waals surface area contributed by atoms with Crippen molar-refractivity contribution >= 4 is 40.9 Å². The summed E-state index contributed by atoms with van der Waals surface area (Å²) in [7, 11) is 0. The predicted molar refractivity (Wildman–Crippen MR) is 142 cm³/mol. The van der Waals surface area contributed by atoms with E-state index in [1.807, 2.05) is 37.3 Å². The minimum Gasteiger partial charge on any atom is -0.321 e. The minimum atomic E-state index is -0.347. The maximum absolute atomic E-state index is 13.3. The molecule has 0 aliphatic rings. The molecule has 0 saturated heterocycles. The highest BCUT2D eigenvalue weighted by atomic mass is 32.2. The number of aromatic nitrogens is 2. The van der Waals surface area contributed by atoms with Gasteiger partial charge >= 0.3 is 0 Å². The molecule has 4 rings (SSSR count). The third-order valence-electron chi connectivity index (χ3n) is 5.17. The van der Waals surface area contributed by atoms with Crippen LogP contribution in [0.1, 0.15) is 44.5 Å². The van der Waals surface area contributed by atoms with E-state index in [1.54, 1.807) is 30.5 Å². The van der Waals surface area contributed by atoms with Crippen LogP contribution in [0.5, 0.6) is 0 Å². The Morgan fingerprint density at radius 3 is 2.43 bits per heavy atom. The van der Waals surface area contributed by atoms with Crippen molar-refractivity contribution in [2.45, 2.75) is 41.5 Å². The van der Waals surface area contributed by atoms with Gasteiger partial charge in [0.25, 0.3) is 5.91 Å². The van der Waals surface area contributed by atoms with E-state index in [1.165, 1.54) is 41.6 Å². The van der Waals surface area contributed by atoms with Gasteiger partial charge in [-0.1, -0.05) is 83.2 Å². The minimum absolute atomic E-state index is 0.0615. The maximum atomic E-state index is 13.3. The molecule has 0 radical (unpaired) electrons. The van der Waals surface area contributed by atoms with E-state index < -0.39 is 0 Å². The van der Waals surface area contributed by atoms with Crippen LogP contribution < -0.4 is 5.32 Å². The molecule has 0 spiro atoms. The Kier molecular flexibility index (Phi) is 8.00. The number of hydrogen-bond donors (Lipinski definition) is 1. The Bertz CT molecular complexity index is 1370. The lowest BCUT2D eigenvalue weighted by molar-refractivity contribution is 0.100. The quantitative estimate of drug-likeness (QED) is 0.160. The lowest BCUT2D eigenvalue weighted by Gasteiger charge is -2.11. The molecule has 0 atom stereocenters. The van der Waals surface area contributed by atoms with Gasteiger partial charge in [-0.25, -0.2) is 9.97 Å². The summed E-state index contributed by atoms with van der Waals surface area (Å²) in [4.78, 5) is 35.9. The second-order valence-electron chi connectivity index (χ2n) is 8.15. The lowest BCUT2D eigenvalue weighted by Crippen LogP contribution is -2.16. The smallest absolute Gasteiger partial charge is 0.275 e. The van der Waals surface area contributed by atoms with Gasteiger partial charge in [0, 0.05) is 28.1 Å². The van der Waals surface area contributed by atoms with Crippen LogP contribution in [-0.2, 0) is 5.75 Å². The fourth-order valence-corrected chi connectivity index (χ4v) is 4.98. The number of ketones is 1. The van der Waals surface area contributed by atoms with Gasteiger partial charge in [-0.15, -0.1) is 0 Å². The average molecular weight is 500 g/mol. The van der Waals surface area contributed by atoms with E-state index >= 15 is 0 Å². The molecule has 0 aliphatic heterocycles. The zero-order chi connectivity index (χ0) is 24.8. The highest BCUT2D eigenvalue weighted by Crippen LogP contribution is 2.31. The summed E-state index contributed by atoms with van der Waals surface area (Å²) in [6.45, 7) is 5.59. The first kappa shape index (κ1) is 24.7. The molecule has 0 saturated carbocycles. The fourth-order valence-electron chi connectivity index (χ4n) is 3.35. The third kappa shape index (κ3) is 6.81. The molecule has 5 nitrogen and oxygen atoms in total. The van der Waals surface area contributed by atoms with E-state index in [4.69, 9.17) is 0 Å². The first-order valence-corrected chi connectivity index (χ1v) is 12.9. The molecular formula is C28H25N3O2S2. The van der Waals surface area contributed by atoms with Crippen molar-refractivity contribution in [3.63, 3.8) is 0 Å². The Labute approximate surface area is 213 Å². The van der Waals surface area contributed by atoms with Crippen molar-refractivity contribution in [2.75, 3.05) is 5.32 Å². The number of nitrogens with zero attached hydrogens (tertiary/aromatic N) is 2. The molecule has 7 heteroatoms. The fraction of sp³-hybridized carbons (Fsp3) is 0.143. The number of nitrogens with one attached hydrogen (secondary N) is 1. The monoisotopic (exact) mass is 499 g/mol. The number of anilines is 1. The summed E-state index contributed by atoms with van der Waals surface area (Å²) in [6.07, 6.45) is 1.71. The van der Waals surface area contributed by atoms with Crippen LogP contribution >= 0.6 is 23.5 Å². The molecule has 1 heterocycles. The zero-order valence-electron chi connectivity index (χ0n) is 19.7. The van der Waals surface area contributed by atoms with Crippen LogP contribution in [0.2, 0.25) is 0 Å². The van der Waals surface area contributed by atoms with Crippen LogP contribution in [0.25, 0.3) is 0 Å². The molecule has 3 aromatic carbocycles. The van der Waals surface area contributed by atoms with Crippen molar-refractivity contribution < 1.29 is 9.59 Å². The van der Waals surface area contributed by atoms with E-state index in [0.29, 0.717) is 32.7 Å². The number of thioether (sulfide) groups is 1. The van der Waals surface area contributed by atoms with Gasteiger partial charge in [0.1, 0.15) is 5.69 Å². The first-order valence-electron chi connectivity index (χ1n) is 11.1. The SMILES string of the molecule is CC(=O)c1cccc(NC(=O)c2nc(SCc3cccc(C)c3)ncc2Sc2ccc(C)cc2)c1. The van der Waals surface area contributed by atoms with Gasteiger partial charge < -0.3 is 5.32 Å². The molecule has 35 heavy (non-hydrogen) atoms. The number of benzene rings is 3. The van der Waals surface area contributed by atoms with Crippen LogP contribution in [0.3, 0.4) is 0 Å². The van der Waals surface area contributed by atoms with Crippen LogP contribution in [0, 0.1) is 13.8 Å². The average Bonchev–Trinajstić information content (AvgIpc) is 2.85. The third-order valence-corrected chi connectivity index (χ3v) is 7.13. The van der Waals surface area contributed by atoms with Crippen molar-refractivity contribution in [3.05, 3.63) is 107 Å². The molecule has 176 valence electrons. The summed E-state index contributed by atoms with van der Waals surface area (Å²) in [5, 5.41) is 3.42. The number of carbonyl (C=O) groups excluding carboxylic acids is 2. The van der Waals surface area contributed by atoms with E-state index in [9.17, 15) is 9.59 Å². The molecule has 1 aromatic heterocycles. The molecule has 4 aromatic rings. The standard InChI is InChI=1S/C28H25N3O2S2/c1-18-10-12-24(13-11-18)35-25-16-29-28(34-17-21-7-4-6-19(2)14-21)31-26(25)27(33)30-23-9-5-8-22(15-23)20(3)32/h4-16H,17H2,1-3H3,(H,30,33). The van der Waals surface area contributed by atoms with Gasteiger partial charge in [0.05, 0.1) is 4.90 Å². The molecule has 1 N–H and O–H groups in total. The van der Waals surface area contributed by atoms with E-state index in [0.717, 1.165) is 10.5 Å². The van der Waals surface area contributed by atoms with E-state index in [2.05, 4.69) is 40.4 Å². The number of aryl methyl sites for hydroxylation is 2. The largest absolute Gasteiger partial charge is 0.321 e. The number of carbonyl (C=O) groups is 2. The number of rotatable bonds is 8. The second kappa shape index (κ2) is 11.3. The van der Waals surface area contributed by atoms with Gasteiger partial charge in [-0.2, -0.15) is 0 Å². The Hall–Kier alpha value is -3.42. The van der Waals surface area contributed by atoms with Crippen molar-refractivity contribution in [1.82, 2.24) is 9.97 Å². The normalized spacial score (nSPS) is 10.7. The predicted octanol–water partition coefficient (Wildman–Crippen LogP) is 6.99. The van der Waals surface area contributed by atoms with Gasteiger partial charge in [0.2, 0.25) is 0 Å². The molecule has 0 unspecified atom stereocenters. The van der Waals surface area contributed by atoms with Gasteiger partial charge in [-0.05, 0) is 50.6 Å². The van der Waals surface area contributed by atoms with Crippen LogP contribution in [0.15, 0.2) is 93.9 Å². The Balaban J connectivity index is 1.61. The van der Waals surface area contributed by atoms with E-state index in [-0.39, 0.29) is 11.7 Å². The summed E-state index contributed by atoms with van der Waals surface area (Å²) < 4.78 is 0. The molecule has 0 fully saturated rings. The van der Waals surface area contributed by atoms with Crippen molar-refractivity contribution in [2.24, 2.45) is 0 Å². The highest BCUT2D eigenvalue weighted by molar-refractivity contribution is 7.99.